The van der Waals surface area contributed by atoms with Gasteiger partial charge >= 0.3 is 6.18 Å². The topological polar surface area (TPSA) is 105 Å². The molecule has 0 bridgehead atoms. The molecule has 0 saturated heterocycles. The molecule has 1 atom stereocenters. The van der Waals surface area contributed by atoms with Crippen LogP contribution in [-0.4, -0.2) is 46.0 Å². The van der Waals surface area contributed by atoms with Gasteiger partial charge in [-0.05, 0) is 42.0 Å². The number of nitrogens with one attached hydrogen (secondary N) is 2. The second-order valence-corrected chi connectivity index (χ2v) is 11.0. The van der Waals surface area contributed by atoms with Crippen LogP contribution in [0, 0.1) is 5.82 Å². The Kier molecular flexibility index (Phi) is 8.26. The summed E-state index contributed by atoms with van der Waals surface area (Å²) in [6.45, 7) is 0.356. The van der Waals surface area contributed by atoms with Gasteiger partial charge in [-0.1, -0.05) is 35.9 Å². The Labute approximate surface area is 231 Å². The van der Waals surface area contributed by atoms with E-state index in [0.29, 0.717) is 11.6 Å². The molecule has 40 heavy (non-hydrogen) atoms. The summed E-state index contributed by atoms with van der Waals surface area (Å²) in [4.78, 5) is 22.5. The van der Waals surface area contributed by atoms with Crippen molar-refractivity contribution in [1.82, 2.24) is 10.6 Å². The van der Waals surface area contributed by atoms with Crippen molar-refractivity contribution in [2.75, 3.05) is 23.9 Å². The van der Waals surface area contributed by atoms with Crippen LogP contribution < -0.4 is 19.7 Å². The summed E-state index contributed by atoms with van der Waals surface area (Å²) in [6.07, 6.45) is -5.73. The fourth-order valence-electron chi connectivity index (χ4n) is 4.00. The molecule has 1 aliphatic rings. The van der Waals surface area contributed by atoms with Gasteiger partial charge in [0.15, 0.2) is 0 Å². The second kappa shape index (κ2) is 11.3. The lowest BCUT2D eigenvalue weighted by molar-refractivity contribution is -0.137. The fourth-order valence-corrected chi connectivity index (χ4v) is 5.78. The van der Waals surface area contributed by atoms with E-state index in [0.717, 1.165) is 28.6 Å². The minimum absolute atomic E-state index is 0.0175. The number of halogens is 5. The van der Waals surface area contributed by atoms with E-state index >= 15 is 0 Å². The molecule has 0 spiro atoms. The molecular weight excluding hydrogens is 578 g/mol. The van der Waals surface area contributed by atoms with Gasteiger partial charge in [0.25, 0.3) is 10.0 Å². The predicted octanol–water partition coefficient (Wildman–Crippen LogP) is 4.37. The van der Waals surface area contributed by atoms with E-state index in [1.807, 2.05) is 0 Å². The lowest BCUT2D eigenvalue weighted by Gasteiger charge is -2.36. The van der Waals surface area contributed by atoms with Crippen molar-refractivity contribution in [2.24, 2.45) is 0 Å². The van der Waals surface area contributed by atoms with Crippen LogP contribution in [-0.2, 0) is 25.8 Å². The van der Waals surface area contributed by atoms with E-state index in [9.17, 15) is 35.6 Å². The summed E-state index contributed by atoms with van der Waals surface area (Å²) in [7, 11) is -4.59. The van der Waals surface area contributed by atoms with E-state index in [2.05, 4.69) is 10.6 Å². The molecular formula is C26H22ClF4N3O5S. The van der Waals surface area contributed by atoms with Gasteiger partial charge in [-0.3, -0.25) is 13.9 Å². The van der Waals surface area contributed by atoms with Gasteiger partial charge in [0, 0.05) is 12.5 Å². The quantitative estimate of drug-likeness (QED) is 0.393. The SMILES string of the molecule is CC(=O)NCC(=O)NC[C@H]1CN(S(=O)(=O)c2cccc(C(F)(F)F)c2)c2cc(-c3cccc(F)c3Cl)ccc2O1. The molecule has 8 nitrogen and oxygen atoms in total. The van der Waals surface area contributed by atoms with E-state index < -0.39 is 50.4 Å². The zero-order valence-corrected chi connectivity index (χ0v) is 22.3. The van der Waals surface area contributed by atoms with Crippen LogP contribution in [0.1, 0.15) is 12.5 Å². The highest BCUT2D eigenvalue weighted by atomic mass is 35.5. The average molecular weight is 600 g/mol. The van der Waals surface area contributed by atoms with Crippen LogP contribution in [0.3, 0.4) is 0 Å². The average Bonchev–Trinajstić information content (AvgIpc) is 2.91. The maximum Gasteiger partial charge on any atom is 0.416 e. The van der Waals surface area contributed by atoms with Crippen molar-refractivity contribution < 1.29 is 40.3 Å². The van der Waals surface area contributed by atoms with Crippen LogP contribution in [0.4, 0.5) is 23.2 Å². The maximum absolute atomic E-state index is 14.1. The number of alkyl halides is 3. The first kappa shape index (κ1) is 29.2. The minimum atomic E-state index is -4.78. The van der Waals surface area contributed by atoms with Crippen molar-refractivity contribution >= 4 is 39.1 Å². The number of nitrogens with zero attached hydrogens (tertiary/aromatic N) is 1. The first-order chi connectivity index (χ1) is 18.8. The van der Waals surface area contributed by atoms with Crippen molar-refractivity contribution in [3.8, 4) is 16.9 Å². The van der Waals surface area contributed by atoms with E-state index in [4.69, 9.17) is 16.3 Å². The molecule has 212 valence electrons. The number of ether oxygens (including phenoxy) is 1. The Balaban J connectivity index is 1.74. The zero-order chi connectivity index (χ0) is 29.2. The maximum atomic E-state index is 14.1. The van der Waals surface area contributed by atoms with Gasteiger partial charge in [0.05, 0.1) is 40.8 Å². The number of amides is 2. The van der Waals surface area contributed by atoms with Crippen LogP contribution in [0.25, 0.3) is 11.1 Å². The van der Waals surface area contributed by atoms with Gasteiger partial charge in [0.1, 0.15) is 17.7 Å². The number of sulfonamides is 1. The molecule has 0 saturated carbocycles. The first-order valence-electron chi connectivity index (χ1n) is 11.7. The largest absolute Gasteiger partial charge is 0.484 e. The van der Waals surface area contributed by atoms with Gasteiger partial charge in [-0.25, -0.2) is 12.8 Å². The fraction of sp³-hybridized carbons (Fsp3) is 0.231. The molecule has 1 heterocycles. The first-order valence-corrected chi connectivity index (χ1v) is 13.6. The molecule has 4 rings (SSSR count). The van der Waals surface area contributed by atoms with Crippen LogP contribution in [0.15, 0.2) is 65.6 Å². The Bertz CT molecular complexity index is 1570. The highest BCUT2D eigenvalue weighted by Crippen LogP contribution is 2.42. The molecule has 0 radical (unpaired) electrons. The molecule has 0 unspecified atom stereocenters. The summed E-state index contributed by atoms with van der Waals surface area (Å²) in [6, 6.07) is 11.7. The van der Waals surface area contributed by atoms with E-state index in [1.165, 1.54) is 37.3 Å². The van der Waals surface area contributed by atoms with E-state index in [-0.39, 0.29) is 41.7 Å². The number of benzene rings is 3. The summed E-state index contributed by atoms with van der Waals surface area (Å²) in [5.41, 5.74) is -0.577. The van der Waals surface area contributed by atoms with Crippen molar-refractivity contribution in [1.29, 1.82) is 0 Å². The predicted molar refractivity (Wildman–Crippen MR) is 139 cm³/mol. The van der Waals surface area contributed by atoms with Gasteiger partial charge < -0.3 is 15.4 Å². The molecule has 3 aromatic carbocycles. The van der Waals surface area contributed by atoms with Crippen LogP contribution in [0.5, 0.6) is 5.75 Å². The van der Waals surface area contributed by atoms with Gasteiger partial charge in [0.2, 0.25) is 11.8 Å². The molecule has 14 heteroatoms. The molecule has 0 fully saturated rings. The monoisotopic (exact) mass is 599 g/mol. The summed E-state index contributed by atoms with van der Waals surface area (Å²) >= 11 is 6.12. The summed E-state index contributed by atoms with van der Waals surface area (Å²) in [5.74, 6) is -1.63. The minimum Gasteiger partial charge on any atom is -0.484 e. The number of carbonyl (C=O) groups excluding carboxylic acids is 2. The summed E-state index contributed by atoms with van der Waals surface area (Å²) < 4.78 is 88.5. The van der Waals surface area contributed by atoms with Gasteiger partial charge in [-0.2, -0.15) is 13.2 Å². The molecule has 1 aliphatic heterocycles. The standard InChI is InChI=1S/C26H22ClF4N3O5S/c1-15(35)32-13-24(36)33-12-18-14-34(40(37,38)19-5-2-4-17(11-19)26(29,30)31)22-10-16(8-9-23(22)39-18)20-6-3-7-21(28)25(20)27/h2-11,18H,12-14H2,1H3,(H,32,35)(H,33,36)/t18-/m0/s1. The zero-order valence-electron chi connectivity index (χ0n) is 20.8. The number of hydrogen-bond acceptors (Lipinski definition) is 5. The smallest absolute Gasteiger partial charge is 0.416 e. The third-order valence-electron chi connectivity index (χ3n) is 5.93. The van der Waals surface area contributed by atoms with Crippen molar-refractivity contribution in [3.05, 3.63) is 77.1 Å². The lowest BCUT2D eigenvalue weighted by Crippen LogP contribution is -2.49. The lowest BCUT2D eigenvalue weighted by atomic mass is 10.0. The summed E-state index contributed by atoms with van der Waals surface area (Å²) in [5, 5.41) is 4.64. The number of carbonyl (C=O) groups is 2. The number of fused-ring (bicyclic) bond motifs is 1. The molecule has 2 N–H and O–H groups in total. The highest BCUT2D eigenvalue weighted by molar-refractivity contribution is 7.92. The second-order valence-electron chi connectivity index (χ2n) is 8.80. The Morgan fingerprint density at radius 3 is 2.50 bits per heavy atom. The third kappa shape index (κ3) is 6.31. The van der Waals surface area contributed by atoms with E-state index in [1.54, 1.807) is 0 Å². The molecule has 3 aromatic rings. The highest BCUT2D eigenvalue weighted by Gasteiger charge is 2.37. The Morgan fingerprint density at radius 2 is 1.80 bits per heavy atom. The Morgan fingerprint density at radius 1 is 1.07 bits per heavy atom. The van der Waals surface area contributed by atoms with Crippen molar-refractivity contribution in [3.63, 3.8) is 0 Å². The van der Waals surface area contributed by atoms with Crippen LogP contribution >= 0.6 is 11.6 Å². The molecule has 2 amide bonds. The normalized spacial score (nSPS) is 15.2. The number of rotatable bonds is 7. The number of anilines is 1. The van der Waals surface area contributed by atoms with Gasteiger partial charge in [-0.15, -0.1) is 0 Å². The van der Waals surface area contributed by atoms with Crippen molar-refractivity contribution in [2.45, 2.75) is 24.1 Å². The third-order valence-corrected chi connectivity index (χ3v) is 8.09. The molecule has 0 aliphatic carbocycles. The van der Waals surface area contributed by atoms with Crippen LogP contribution in [0.2, 0.25) is 5.02 Å². The Hall–Kier alpha value is -3.84. The number of hydrogen-bond donors (Lipinski definition) is 2. The molecule has 0 aromatic heterocycles.